The van der Waals surface area contributed by atoms with Crippen molar-refractivity contribution in [1.82, 2.24) is 0 Å². The van der Waals surface area contributed by atoms with Gasteiger partial charge in [-0.1, -0.05) is 6.07 Å². The van der Waals surface area contributed by atoms with Gasteiger partial charge in [-0.15, -0.1) is 0 Å². The third-order valence-electron chi connectivity index (χ3n) is 1.51. The Morgan fingerprint density at radius 2 is 2.13 bits per heavy atom. The minimum absolute atomic E-state index is 0.264. The zero-order valence-electron chi connectivity index (χ0n) is 7.74. The van der Waals surface area contributed by atoms with Crippen LogP contribution in [0.15, 0.2) is 23.1 Å². The van der Waals surface area contributed by atoms with E-state index in [1.807, 2.05) is 0 Å². The van der Waals surface area contributed by atoms with Crippen LogP contribution in [0.4, 0.5) is 4.39 Å². The second-order valence-corrected chi connectivity index (χ2v) is 5.09. The van der Waals surface area contributed by atoms with Gasteiger partial charge in [0.25, 0.3) is 9.05 Å². The Morgan fingerprint density at radius 3 is 2.67 bits per heavy atom. The summed E-state index contributed by atoms with van der Waals surface area (Å²) >= 11 is 0. The molecule has 0 amide bonds. The Labute approximate surface area is 91.0 Å². The number of ether oxygens (including phenoxy) is 2. The van der Waals surface area contributed by atoms with Crippen molar-refractivity contribution < 1.29 is 22.3 Å². The van der Waals surface area contributed by atoms with Gasteiger partial charge in [-0.3, -0.25) is 0 Å². The van der Waals surface area contributed by atoms with Gasteiger partial charge in [0.1, 0.15) is 4.90 Å². The van der Waals surface area contributed by atoms with E-state index in [0.717, 1.165) is 12.1 Å². The molecule has 4 nitrogen and oxygen atoms in total. The van der Waals surface area contributed by atoms with Crippen molar-refractivity contribution in [2.75, 3.05) is 13.9 Å². The molecule has 0 radical (unpaired) electrons. The molecule has 0 aliphatic carbocycles. The van der Waals surface area contributed by atoms with Crippen LogP contribution in [0.1, 0.15) is 0 Å². The van der Waals surface area contributed by atoms with E-state index in [4.69, 9.17) is 15.4 Å². The van der Waals surface area contributed by atoms with Gasteiger partial charge in [-0.05, 0) is 12.1 Å². The number of halogens is 2. The highest BCUT2D eigenvalue weighted by molar-refractivity contribution is 8.13. The van der Waals surface area contributed by atoms with Crippen LogP contribution in [0.25, 0.3) is 0 Å². The molecule has 0 fully saturated rings. The Bertz CT molecular complexity index is 446. The summed E-state index contributed by atoms with van der Waals surface area (Å²) in [5.41, 5.74) is 0. The van der Waals surface area contributed by atoms with Gasteiger partial charge in [0, 0.05) is 17.8 Å². The number of hydrogen-bond donors (Lipinski definition) is 0. The van der Waals surface area contributed by atoms with Crippen LogP contribution in [0.3, 0.4) is 0 Å². The second-order valence-electron chi connectivity index (χ2n) is 2.56. The molecule has 0 atom stereocenters. The molecule has 0 saturated heterocycles. The van der Waals surface area contributed by atoms with Crippen molar-refractivity contribution in [3.8, 4) is 5.75 Å². The van der Waals surface area contributed by atoms with Gasteiger partial charge in [-0.25, -0.2) is 12.8 Å². The molecule has 7 heteroatoms. The quantitative estimate of drug-likeness (QED) is 0.607. The van der Waals surface area contributed by atoms with Gasteiger partial charge in [0.2, 0.25) is 0 Å². The lowest BCUT2D eigenvalue weighted by atomic mass is 10.3. The monoisotopic (exact) mass is 254 g/mol. The maximum absolute atomic E-state index is 13.2. The molecule has 1 aromatic carbocycles. The summed E-state index contributed by atoms with van der Waals surface area (Å²) in [6.45, 7) is -0.264. The molecule has 84 valence electrons. The second kappa shape index (κ2) is 4.78. The van der Waals surface area contributed by atoms with E-state index in [-0.39, 0.29) is 6.79 Å². The van der Waals surface area contributed by atoms with Gasteiger partial charge in [0.05, 0.1) is 0 Å². The highest BCUT2D eigenvalue weighted by atomic mass is 35.7. The smallest absolute Gasteiger partial charge is 0.265 e. The fourth-order valence-corrected chi connectivity index (χ4v) is 1.92. The largest absolute Gasteiger partial charge is 0.463 e. The van der Waals surface area contributed by atoms with E-state index in [1.165, 1.54) is 13.2 Å². The summed E-state index contributed by atoms with van der Waals surface area (Å²) in [5.74, 6) is -1.25. The first-order valence-corrected chi connectivity index (χ1v) is 6.12. The van der Waals surface area contributed by atoms with E-state index in [1.54, 1.807) is 0 Å². The van der Waals surface area contributed by atoms with E-state index < -0.39 is 25.5 Å². The van der Waals surface area contributed by atoms with Crippen molar-refractivity contribution in [3.63, 3.8) is 0 Å². The molecule has 0 aliphatic rings. The number of benzene rings is 1. The molecular weight excluding hydrogens is 247 g/mol. The first-order valence-electron chi connectivity index (χ1n) is 3.81. The van der Waals surface area contributed by atoms with Crippen LogP contribution in [-0.4, -0.2) is 22.3 Å². The number of para-hydroxylation sites is 1. The average Bonchev–Trinajstić information content (AvgIpc) is 2.14. The molecule has 0 aromatic heterocycles. The molecule has 15 heavy (non-hydrogen) atoms. The standard InChI is InChI=1S/C8H8ClFO4S/c1-13-5-14-8-6(10)3-2-4-7(8)15(9,11)12/h2-4H,5H2,1H3. The van der Waals surface area contributed by atoms with Crippen molar-refractivity contribution in [3.05, 3.63) is 24.0 Å². The lowest BCUT2D eigenvalue weighted by Crippen LogP contribution is -2.05. The van der Waals surface area contributed by atoms with Crippen LogP contribution < -0.4 is 4.74 Å². The van der Waals surface area contributed by atoms with E-state index >= 15 is 0 Å². The molecule has 0 heterocycles. The Balaban J connectivity index is 3.21. The predicted octanol–water partition coefficient (Wildman–Crippen LogP) is 1.74. The van der Waals surface area contributed by atoms with Gasteiger partial charge < -0.3 is 9.47 Å². The van der Waals surface area contributed by atoms with Crippen molar-refractivity contribution >= 4 is 19.7 Å². The third kappa shape index (κ3) is 3.05. The summed E-state index contributed by atoms with van der Waals surface area (Å²) < 4.78 is 44.6. The van der Waals surface area contributed by atoms with Crippen molar-refractivity contribution in [2.24, 2.45) is 0 Å². The molecule has 0 unspecified atom stereocenters. The number of rotatable bonds is 4. The van der Waals surface area contributed by atoms with Gasteiger partial charge >= 0.3 is 0 Å². The number of hydrogen-bond acceptors (Lipinski definition) is 4. The highest BCUT2D eigenvalue weighted by Gasteiger charge is 2.20. The van der Waals surface area contributed by atoms with E-state index in [9.17, 15) is 12.8 Å². The average molecular weight is 255 g/mol. The Kier molecular flexibility index (Phi) is 3.90. The Hall–Kier alpha value is -0.850. The van der Waals surface area contributed by atoms with Crippen LogP contribution in [0.5, 0.6) is 5.75 Å². The summed E-state index contributed by atoms with van der Waals surface area (Å²) in [5, 5.41) is 0. The summed E-state index contributed by atoms with van der Waals surface area (Å²) in [6.07, 6.45) is 0. The number of methoxy groups -OCH3 is 1. The predicted molar refractivity (Wildman–Crippen MR) is 51.9 cm³/mol. The van der Waals surface area contributed by atoms with Crippen molar-refractivity contribution in [2.45, 2.75) is 4.90 Å². The highest BCUT2D eigenvalue weighted by Crippen LogP contribution is 2.29. The minimum Gasteiger partial charge on any atom is -0.463 e. The zero-order chi connectivity index (χ0) is 11.5. The van der Waals surface area contributed by atoms with E-state index in [0.29, 0.717) is 0 Å². The normalized spacial score (nSPS) is 11.4. The van der Waals surface area contributed by atoms with Crippen LogP contribution >= 0.6 is 10.7 Å². The molecule has 0 saturated carbocycles. The van der Waals surface area contributed by atoms with Crippen LogP contribution in [0, 0.1) is 5.82 Å². The molecule has 1 rings (SSSR count). The molecule has 0 N–H and O–H groups in total. The SMILES string of the molecule is COCOc1c(F)cccc1S(=O)(=O)Cl. The lowest BCUT2D eigenvalue weighted by molar-refractivity contribution is 0.0460. The van der Waals surface area contributed by atoms with Gasteiger partial charge in [0.15, 0.2) is 18.4 Å². The first-order chi connectivity index (χ1) is 6.96. The fourth-order valence-electron chi connectivity index (χ4n) is 0.939. The molecule has 0 bridgehead atoms. The fraction of sp³-hybridized carbons (Fsp3) is 0.250. The minimum atomic E-state index is -4.03. The van der Waals surface area contributed by atoms with Crippen LogP contribution in [-0.2, 0) is 13.8 Å². The maximum Gasteiger partial charge on any atom is 0.265 e. The molecular formula is C8H8ClFO4S. The van der Waals surface area contributed by atoms with Gasteiger partial charge in [-0.2, -0.15) is 0 Å². The summed E-state index contributed by atoms with van der Waals surface area (Å²) in [6, 6.07) is 3.44. The van der Waals surface area contributed by atoms with Crippen LogP contribution in [0.2, 0.25) is 0 Å². The maximum atomic E-state index is 13.2. The topological polar surface area (TPSA) is 52.6 Å². The van der Waals surface area contributed by atoms with E-state index in [2.05, 4.69) is 4.74 Å². The Morgan fingerprint density at radius 1 is 1.47 bits per heavy atom. The molecule has 0 spiro atoms. The summed E-state index contributed by atoms with van der Waals surface area (Å²) in [7, 11) is 2.39. The lowest BCUT2D eigenvalue weighted by Gasteiger charge is -2.08. The zero-order valence-corrected chi connectivity index (χ0v) is 9.31. The van der Waals surface area contributed by atoms with Crippen molar-refractivity contribution in [1.29, 1.82) is 0 Å². The third-order valence-corrected chi connectivity index (χ3v) is 2.86. The molecule has 1 aromatic rings. The summed E-state index contributed by atoms with van der Waals surface area (Å²) in [4.78, 5) is -0.416. The molecule has 0 aliphatic heterocycles. The first kappa shape index (κ1) is 12.2.